The lowest BCUT2D eigenvalue weighted by Crippen LogP contribution is -2.56. The lowest BCUT2D eigenvalue weighted by Gasteiger charge is -2.37. The highest BCUT2D eigenvalue weighted by Crippen LogP contribution is 2.20. The van der Waals surface area contributed by atoms with Gasteiger partial charge in [-0.15, -0.1) is 0 Å². The molecule has 2 aromatic carbocycles. The number of rotatable bonds is 3. The van der Waals surface area contributed by atoms with E-state index >= 15 is 0 Å². The van der Waals surface area contributed by atoms with Crippen molar-refractivity contribution in [2.24, 2.45) is 0 Å². The Bertz CT molecular complexity index is 609. The minimum absolute atomic E-state index is 0.0845. The van der Waals surface area contributed by atoms with Gasteiger partial charge in [0, 0.05) is 0 Å². The molecule has 1 saturated heterocycles. The van der Waals surface area contributed by atoms with Crippen molar-refractivity contribution in [1.82, 2.24) is 4.90 Å². The number of carbonyl (C=O) groups excluding carboxylic acids is 1. The molecule has 2 aromatic rings. The van der Waals surface area contributed by atoms with Crippen LogP contribution in [0.2, 0.25) is 0 Å². The van der Waals surface area contributed by atoms with Crippen LogP contribution in [0.5, 0.6) is 11.5 Å². The lowest BCUT2D eigenvalue weighted by molar-refractivity contribution is 0.0283. The lowest BCUT2D eigenvalue weighted by atomic mass is 10.2. The molecule has 0 aliphatic carbocycles. The first-order chi connectivity index (χ1) is 10.2. The number of hydrogen-bond acceptors (Lipinski definition) is 3. The molecule has 1 heterocycles. The molecule has 0 N–H and O–H groups in total. The third kappa shape index (κ3) is 3.31. The molecule has 5 heteroatoms. The van der Waals surface area contributed by atoms with E-state index in [1.54, 1.807) is 41.3 Å². The van der Waals surface area contributed by atoms with Gasteiger partial charge in [0.2, 0.25) is 0 Å². The predicted octanol–water partition coefficient (Wildman–Crippen LogP) is 3.09. The molecule has 0 saturated carbocycles. The molecule has 3 rings (SSSR count). The number of hydrogen-bond donors (Lipinski definition) is 0. The Hall–Kier alpha value is -2.56. The third-order valence-electron chi connectivity index (χ3n) is 3.17. The molecule has 1 aliphatic rings. The third-order valence-corrected chi connectivity index (χ3v) is 3.17. The number of amides is 1. The summed E-state index contributed by atoms with van der Waals surface area (Å²) in [6, 6.07) is 14.7. The number of benzene rings is 2. The van der Waals surface area contributed by atoms with Crippen LogP contribution in [0.3, 0.4) is 0 Å². The molecule has 0 bridgehead atoms. The number of carbonyl (C=O) groups is 1. The molecule has 0 radical (unpaired) electrons. The van der Waals surface area contributed by atoms with Crippen molar-refractivity contribution in [2.45, 2.75) is 6.10 Å². The van der Waals surface area contributed by atoms with Gasteiger partial charge in [-0.25, -0.2) is 9.18 Å². The fourth-order valence-electron chi connectivity index (χ4n) is 2.02. The van der Waals surface area contributed by atoms with Gasteiger partial charge in [0.05, 0.1) is 13.1 Å². The molecular weight excluding hydrogens is 273 g/mol. The average Bonchev–Trinajstić information content (AvgIpc) is 2.45. The van der Waals surface area contributed by atoms with Crippen LogP contribution in [-0.4, -0.2) is 30.2 Å². The SMILES string of the molecule is O=C(Oc1ccccc1)N1CC(Oc2ccc(F)cc2)C1. The highest BCUT2D eigenvalue weighted by Gasteiger charge is 2.33. The Morgan fingerprint density at radius 3 is 2.33 bits per heavy atom. The zero-order valence-electron chi connectivity index (χ0n) is 11.2. The zero-order chi connectivity index (χ0) is 14.7. The molecule has 1 fully saturated rings. The number of para-hydroxylation sites is 1. The molecule has 1 aliphatic heterocycles. The second-order valence-electron chi connectivity index (χ2n) is 4.78. The van der Waals surface area contributed by atoms with Crippen LogP contribution >= 0.6 is 0 Å². The maximum Gasteiger partial charge on any atom is 0.415 e. The van der Waals surface area contributed by atoms with Crippen LogP contribution in [0, 0.1) is 5.82 Å². The fourth-order valence-corrected chi connectivity index (χ4v) is 2.02. The molecule has 0 atom stereocenters. The molecule has 4 nitrogen and oxygen atoms in total. The van der Waals surface area contributed by atoms with Gasteiger partial charge in [-0.1, -0.05) is 18.2 Å². The normalized spacial score (nSPS) is 14.4. The number of likely N-dealkylation sites (tertiary alicyclic amines) is 1. The van der Waals surface area contributed by atoms with E-state index in [1.807, 2.05) is 6.07 Å². The molecular formula is C16H14FNO3. The minimum atomic E-state index is -0.389. The second-order valence-corrected chi connectivity index (χ2v) is 4.78. The van der Waals surface area contributed by atoms with E-state index in [9.17, 15) is 9.18 Å². The van der Waals surface area contributed by atoms with Gasteiger partial charge < -0.3 is 14.4 Å². The van der Waals surface area contributed by atoms with Crippen LogP contribution in [0.15, 0.2) is 54.6 Å². The zero-order valence-corrected chi connectivity index (χ0v) is 11.2. The first-order valence-corrected chi connectivity index (χ1v) is 6.65. The number of halogens is 1. The standard InChI is InChI=1S/C16H14FNO3/c17-12-6-8-14(9-7-12)20-15-10-18(11-15)16(19)21-13-4-2-1-3-5-13/h1-9,15H,10-11H2. The fraction of sp³-hybridized carbons (Fsp3) is 0.188. The number of ether oxygens (including phenoxy) is 2. The second kappa shape index (κ2) is 5.83. The summed E-state index contributed by atoms with van der Waals surface area (Å²) in [6.07, 6.45) is -0.473. The monoisotopic (exact) mass is 287 g/mol. The number of nitrogens with zero attached hydrogens (tertiary/aromatic N) is 1. The van der Waals surface area contributed by atoms with Gasteiger partial charge >= 0.3 is 6.09 Å². The summed E-state index contributed by atoms with van der Waals surface area (Å²) in [5.41, 5.74) is 0. The first kappa shape index (κ1) is 13.4. The van der Waals surface area contributed by atoms with Crippen molar-refractivity contribution >= 4 is 6.09 Å². The highest BCUT2D eigenvalue weighted by molar-refractivity contribution is 5.71. The molecule has 0 spiro atoms. The van der Waals surface area contributed by atoms with Gasteiger partial charge in [-0.3, -0.25) is 0 Å². The Kier molecular flexibility index (Phi) is 3.73. The Labute approximate surface area is 121 Å². The maximum atomic E-state index is 12.8. The Morgan fingerprint density at radius 2 is 1.67 bits per heavy atom. The smallest absolute Gasteiger partial charge is 0.415 e. The summed E-state index contributed by atoms with van der Waals surface area (Å²) in [5, 5.41) is 0. The van der Waals surface area contributed by atoms with Gasteiger partial charge in [0.25, 0.3) is 0 Å². The topological polar surface area (TPSA) is 38.8 Å². The molecule has 0 aromatic heterocycles. The molecule has 1 amide bonds. The van der Waals surface area contributed by atoms with E-state index in [0.29, 0.717) is 24.6 Å². The van der Waals surface area contributed by atoms with Crippen molar-refractivity contribution < 1.29 is 18.7 Å². The van der Waals surface area contributed by atoms with Crippen molar-refractivity contribution in [3.05, 3.63) is 60.4 Å². The molecule has 21 heavy (non-hydrogen) atoms. The van der Waals surface area contributed by atoms with E-state index in [1.165, 1.54) is 12.1 Å². The van der Waals surface area contributed by atoms with E-state index in [2.05, 4.69) is 0 Å². The highest BCUT2D eigenvalue weighted by atomic mass is 19.1. The predicted molar refractivity (Wildman–Crippen MR) is 74.9 cm³/mol. The summed E-state index contributed by atoms with van der Waals surface area (Å²) < 4.78 is 23.6. The minimum Gasteiger partial charge on any atom is -0.487 e. The summed E-state index contributed by atoms with van der Waals surface area (Å²) in [6.45, 7) is 0.923. The summed E-state index contributed by atoms with van der Waals surface area (Å²) in [7, 11) is 0. The Balaban J connectivity index is 1.47. The van der Waals surface area contributed by atoms with Crippen molar-refractivity contribution in [1.29, 1.82) is 0 Å². The van der Waals surface area contributed by atoms with Gasteiger partial charge in [0.1, 0.15) is 23.4 Å². The van der Waals surface area contributed by atoms with Crippen molar-refractivity contribution in [3.8, 4) is 11.5 Å². The average molecular weight is 287 g/mol. The van der Waals surface area contributed by atoms with Gasteiger partial charge in [-0.2, -0.15) is 0 Å². The summed E-state index contributed by atoms with van der Waals surface area (Å²) in [5.74, 6) is 0.812. The van der Waals surface area contributed by atoms with Crippen LogP contribution in [0.4, 0.5) is 9.18 Å². The van der Waals surface area contributed by atoms with E-state index in [0.717, 1.165) is 0 Å². The van der Waals surface area contributed by atoms with Crippen LogP contribution in [0.1, 0.15) is 0 Å². The van der Waals surface area contributed by atoms with Gasteiger partial charge in [0.15, 0.2) is 0 Å². The van der Waals surface area contributed by atoms with E-state index in [4.69, 9.17) is 9.47 Å². The summed E-state index contributed by atoms with van der Waals surface area (Å²) in [4.78, 5) is 13.4. The van der Waals surface area contributed by atoms with Crippen molar-refractivity contribution in [3.63, 3.8) is 0 Å². The maximum absolute atomic E-state index is 12.8. The Morgan fingerprint density at radius 1 is 1.00 bits per heavy atom. The van der Waals surface area contributed by atoms with Crippen LogP contribution in [0.25, 0.3) is 0 Å². The largest absolute Gasteiger partial charge is 0.487 e. The van der Waals surface area contributed by atoms with E-state index in [-0.39, 0.29) is 18.0 Å². The van der Waals surface area contributed by atoms with Crippen LogP contribution < -0.4 is 9.47 Å². The first-order valence-electron chi connectivity index (χ1n) is 6.65. The molecule has 0 unspecified atom stereocenters. The van der Waals surface area contributed by atoms with E-state index < -0.39 is 0 Å². The van der Waals surface area contributed by atoms with Gasteiger partial charge in [-0.05, 0) is 36.4 Å². The summed E-state index contributed by atoms with van der Waals surface area (Å²) >= 11 is 0. The van der Waals surface area contributed by atoms with Crippen LogP contribution in [-0.2, 0) is 0 Å². The van der Waals surface area contributed by atoms with Crippen molar-refractivity contribution in [2.75, 3.05) is 13.1 Å². The quantitative estimate of drug-likeness (QED) is 0.870. The molecule has 108 valence electrons.